The van der Waals surface area contributed by atoms with Gasteiger partial charge in [0.25, 0.3) is 5.91 Å². The van der Waals surface area contributed by atoms with E-state index in [9.17, 15) is 9.59 Å². The van der Waals surface area contributed by atoms with Crippen LogP contribution in [-0.4, -0.2) is 31.1 Å². The van der Waals surface area contributed by atoms with Gasteiger partial charge in [-0.3, -0.25) is 9.59 Å². The molecule has 0 radical (unpaired) electrons. The fourth-order valence-electron chi connectivity index (χ4n) is 3.31. The van der Waals surface area contributed by atoms with Crippen molar-refractivity contribution in [3.63, 3.8) is 0 Å². The summed E-state index contributed by atoms with van der Waals surface area (Å²) in [6.45, 7) is 12.5. The van der Waals surface area contributed by atoms with Crippen LogP contribution in [0.1, 0.15) is 62.1 Å². The maximum atomic E-state index is 13.0. The molecule has 0 heterocycles. The molecule has 2 atom stereocenters. The van der Waals surface area contributed by atoms with Gasteiger partial charge in [-0.1, -0.05) is 38.1 Å². The molecule has 2 aromatic rings. The molecule has 0 aliphatic rings. The minimum Gasteiger partial charge on any atom is -0.490 e. The molecule has 0 spiro atoms. The normalized spacial score (nSPS) is 12.7. The molecule has 31 heavy (non-hydrogen) atoms. The summed E-state index contributed by atoms with van der Waals surface area (Å²) in [7, 11) is 0. The molecule has 0 aliphatic heterocycles. The van der Waals surface area contributed by atoms with E-state index >= 15 is 0 Å². The second kappa shape index (κ2) is 11.4. The fraction of sp³-hybridized carbons (Fsp3) is 0.440. The van der Waals surface area contributed by atoms with Crippen LogP contribution >= 0.6 is 0 Å². The summed E-state index contributed by atoms with van der Waals surface area (Å²) in [6, 6.07) is 12.1. The zero-order chi connectivity index (χ0) is 23.0. The molecule has 0 bridgehead atoms. The summed E-state index contributed by atoms with van der Waals surface area (Å²) >= 11 is 0. The third-order valence-corrected chi connectivity index (χ3v) is 5.05. The Morgan fingerprint density at radius 1 is 0.903 bits per heavy atom. The summed E-state index contributed by atoms with van der Waals surface area (Å²) in [4.78, 5) is 25.8. The van der Waals surface area contributed by atoms with Crippen LogP contribution in [0, 0.1) is 12.8 Å². The summed E-state index contributed by atoms with van der Waals surface area (Å²) in [5, 5.41) is 5.91. The minimum absolute atomic E-state index is 0.0699. The predicted molar refractivity (Wildman–Crippen MR) is 123 cm³/mol. The van der Waals surface area contributed by atoms with Crippen LogP contribution in [0.2, 0.25) is 0 Å². The smallest absolute Gasteiger partial charge is 0.252 e. The number of aryl methyl sites for hydroxylation is 1. The van der Waals surface area contributed by atoms with Gasteiger partial charge in [0.05, 0.1) is 19.3 Å². The Morgan fingerprint density at radius 3 is 2.16 bits per heavy atom. The molecule has 6 nitrogen and oxygen atoms in total. The van der Waals surface area contributed by atoms with Crippen LogP contribution < -0.4 is 20.1 Å². The number of benzene rings is 2. The van der Waals surface area contributed by atoms with E-state index in [1.807, 2.05) is 77.9 Å². The molecule has 0 aromatic heterocycles. The van der Waals surface area contributed by atoms with Crippen molar-refractivity contribution in [1.82, 2.24) is 10.6 Å². The molecule has 168 valence electrons. The van der Waals surface area contributed by atoms with Gasteiger partial charge in [0.2, 0.25) is 5.91 Å². The van der Waals surface area contributed by atoms with Gasteiger partial charge in [-0.2, -0.15) is 0 Å². The molecule has 0 saturated carbocycles. The van der Waals surface area contributed by atoms with Crippen molar-refractivity contribution in [2.45, 2.75) is 53.6 Å². The number of rotatable bonds is 10. The van der Waals surface area contributed by atoms with E-state index in [2.05, 4.69) is 10.6 Å². The average molecular weight is 427 g/mol. The zero-order valence-corrected chi connectivity index (χ0v) is 19.3. The van der Waals surface area contributed by atoms with Crippen molar-refractivity contribution >= 4 is 11.8 Å². The lowest BCUT2D eigenvalue weighted by atomic mass is 10.0. The molecule has 2 N–H and O–H groups in total. The number of amides is 2. The molecule has 0 aliphatic carbocycles. The van der Waals surface area contributed by atoms with Gasteiger partial charge >= 0.3 is 0 Å². The highest BCUT2D eigenvalue weighted by Gasteiger charge is 2.26. The second-order valence-electron chi connectivity index (χ2n) is 7.81. The van der Waals surface area contributed by atoms with Crippen LogP contribution in [-0.2, 0) is 4.79 Å². The van der Waals surface area contributed by atoms with Crippen molar-refractivity contribution < 1.29 is 19.1 Å². The van der Waals surface area contributed by atoms with Crippen LogP contribution in [0.15, 0.2) is 42.5 Å². The van der Waals surface area contributed by atoms with Gasteiger partial charge in [0.1, 0.15) is 6.04 Å². The topological polar surface area (TPSA) is 76.7 Å². The number of carbonyl (C=O) groups excluding carboxylic acids is 2. The van der Waals surface area contributed by atoms with E-state index in [0.29, 0.717) is 30.3 Å². The van der Waals surface area contributed by atoms with Crippen molar-refractivity contribution in [2.24, 2.45) is 5.92 Å². The Balaban J connectivity index is 2.14. The summed E-state index contributed by atoms with van der Waals surface area (Å²) < 4.78 is 11.3. The first-order valence-corrected chi connectivity index (χ1v) is 10.8. The monoisotopic (exact) mass is 426 g/mol. The molecular formula is C25H34N2O4. The van der Waals surface area contributed by atoms with Crippen LogP contribution in [0.5, 0.6) is 11.5 Å². The van der Waals surface area contributed by atoms with Gasteiger partial charge in [-0.25, -0.2) is 0 Å². The van der Waals surface area contributed by atoms with Crippen molar-refractivity contribution in [3.05, 3.63) is 59.2 Å². The van der Waals surface area contributed by atoms with E-state index in [0.717, 1.165) is 11.1 Å². The van der Waals surface area contributed by atoms with Crippen LogP contribution in [0.25, 0.3) is 0 Å². The van der Waals surface area contributed by atoms with Gasteiger partial charge < -0.3 is 20.1 Å². The van der Waals surface area contributed by atoms with Crippen LogP contribution in [0.4, 0.5) is 0 Å². The Hall–Kier alpha value is -3.02. The molecule has 2 rings (SSSR count). The van der Waals surface area contributed by atoms with Gasteiger partial charge in [-0.05, 0) is 62.9 Å². The van der Waals surface area contributed by atoms with Gasteiger partial charge in [0.15, 0.2) is 11.5 Å². The third kappa shape index (κ3) is 6.48. The zero-order valence-electron chi connectivity index (χ0n) is 19.3. The standard InChI is InChI=1S/C25H34N2O4/c1-7-30-21-14-13-19(15-22(21)31-8-2)18(6)26-25(29)23(16(3)4)27-24(28)20-12-10-9-11-17(20)5/h9-16,18,23H,7-8H2,1-6H3,(H,26,29)(H,27,28)/t18-,23+/m1/s1. The molecule has 0 fully saturated rings. The Labute approximate surface area is 185 Å². The summed E-state index contributed by atoms with van der Waals surface area (Å²) in [5.41, 5.74) is 2.34. The molecule has 6 heteroatoms. The summed E-state index contributed by atoms with van der Waals surface area (Å²) in [5.74, 6) is 0.781. The largest absolute Gasteiger partial charge is 0.490 e. The first-order valence-electron chi connectivity index (χ1n) is 10.8. The highest BCUT2D eigenvalue weighted by molar-refractivity contribution is 5.98. The predicted octanol–water partition coefficient (Wildman–Crippen LogP) is 4.42. The van der Waals surface area contributed by atoms with Crippen LogP contribution in [0.3, 0.4) is 0 Å². The molecule has 0 unspecified atom stereocenters. The lowest BCUT2D eigenvalue weighted by molar-refractivity contribution is -0.124. The van der Waals surface area contributed by atoms with Crippen molar-refractivity contribution in [3.8, 4) is 11.5 Å². The summed E-state index contributed by atoms with van der Waals surface area (Å²) in [6.07, 6.45) is 0. The first kappa shape index (κ1) is 24.3. The third-order valence-electron chi connectivity index (χ3n) is 5.05. The maximum absolute atomic E-state index is 13.0. The van der Waals surface area contributed by atoms with Gasteiger partial charge in [-0.15, -0.1) is 0 Å². The first-order chi connectivity index (χ1) is 14.8. The highest BCUT2D eigenvalue weighted by atomic mass is 16.5. The molecular weight excluding hydrogens is 392 g/mol. The van der Waals surface area contributed by atoms with Crippen molar-refractivity contribution in [1.29, 1.82) is 0 Å². The molecule has 2 aromatic carbocycles. The average Bonchev–Trinajstić information content (AvgIpc) is 2.73. The Kier molecular flexibility index (Phi) is 8.91. The number of carbonyl (C=O) groups is 2. The van der Waals surface area contributed by atoms with Crippen molar-refractivity contribution in [2.75, 3.05) is 13.2 Å². The number of ether oxygens (including phenoxy) is 2. The van der Waals surface area contributed by atoms with E-state index < -0.39 is 6.04 Å². The Morgan fingerprint density at radius 2 is 1.55 bits per heavy atom. The minimum atomic E-state index is -0.649. The molecule has 2 amide bonds. The Bertz CT molecular complexity index is 895. The lowest BCUT2D eigenvalue weighted by Gasteiger charge is -2.25. The van der Waals surface area contributed by atoms with Gasteiger partial charge in [0, 0.05) is 5.56 Å². The SMILES string of the molecule is CCOc1ccc([C@@H](C)NC(=O)[C@@H](NC(=O)c2ccccc2C)C(C)C)cc1OCC. The van der Waals surface area contributed by atoms with E-state index in [4.69, 9.17) is 9.47 Å². The lowest BCUT2D eigenvalue weighted by Crippen LogP contribution is -2.50. The quantitative estimate of drug-likeness (QED) is 0.589. The highest BCUT2D eigenvalue weighted by Crippen LogP contribution is 2.30. The number of hydrogen-bond acceptors (Lipinski definition) is 4. The second-order valence-corrected chi connectivity index (χ2v) is 7.81. The molecule has 0 saturated heterocycles. The van der Waals surface area contributed by atoms with E-state index in [-0.39, 0.29) is 23.8 Å². The number of nitrogens with one attached hydrogen (secondary N) is 2. The van der Waals surface area contributed by atoms with E-state index in [1.54, 1.807) is 6.07 Å². The fourth-order valence-corrected chi connectivity index (χ4v) is 3.31. The number of hydrogen-bond donors (Lipinski definition) is 2. The maximum Gasteiger partial charge on any atom is 0.252 e. The van der Waals surface area contributed by atoms with E-state index in [1.165, 1.54) is 0 Å².